The number of fused-ring (bicyclic) bond motifs is 1. The third-order valence-corrected chi connectivity index (χ3v) is 5.12. The van der Waals surface area contributed by atoms with Gasteiger partial charge >= 0.3 is 0 Å². The molecule has 88 valence electrons. The third-order valence-electron chi connectivity index (χ3n) is 3.27. The highest BCUT2D eigenvalue weighted by molar-refractivity contribution is 7.12. The van der Waals surface area contributed by atoms with Gasteiger partial charge in [-0.3, -0.25) is 4.79 Å². The highest BCUT2D eigenvalue weighted by atomic mass is 32.1. The molecule has 2 aromatic rings. The van der Waals surface area contributed by atoms with Gasteiger partial charge in [0.1, 0.15) is 0 Å². The maximum atomic E-state index is 12.3. The molecule has 0 aliphatic carbocycles. The normalized spacial score (nSPS) is 19.1. The lowest BCUT2D eigenvalue weighted by Gasteiger charge is -2.33. The molecule has 0 spiro atoms. The molecule has 2 nitrogen and oxygen atoms in total. The van der Waals surface area contributed by atoms with Gasteiger partial charge in [-0.05, 0) is 41.8 Å². The maximum Gasteiger partial charge on any atom is 0.264 e. The van der Waals surface area contributed by atoms with E-state index in [-0.39, 0.29) is 11.9 Å². The Morgan fingerprint density at radius 3 is 3.00 bits per heavy atom. The Bertz CT molecular complexity index is 529. The van der Waals surface area contributed by atoms with Gasteiger partial charge in [-0.25, -0.2) is 0 Å². The van der Waals surface area contributed by atoms with Gasteiger partial charge in [0, 0.05) is 11.4 Å². The zero-order chi connectivity index (χ0) is 11.8. The number of hydrogen-bond acceptors (Lipinski definition) is 3. The van der Waals surface area contributed by atoms with Gasteiger partial charge in [-0.2, -0.15) is 0 Å². The van der Waals surface area contributed by atoms with Crippen molar-refractivity contribution in [2.75, 3.05) is 6.54 Å². The van der Waals surface area contributed by atoms with E-state index in [1.807, 2.05) is 22.4 Å². The van der Waals surface area contributed by atoms with E-state index in [2.05, 4.69) is 18.4 Å². The van der Waals surface area contributed by atoms with Crippen LogP contribution < -0.4 is 0 Å². The first kappa shape index (κ1) is 11.0. The van der Waals surface area contributed by atoms with Gasteiger partial charge in [0.2, 0.25) is 0 Å². The fraction of sp³-hybridized carbons (Fsp3) is 0.308. The van der Waals surface area contributed by atoms with E-state index in [1.165, 1.54) is 21.8 Å². The van der Waals surface area contributed by atoms with Crippen molar-refractivity contribution in [1.82, 2.24) is 4.90 Å². The maximum absolute atomic E-state index is 12.3. The van der Waals surface area contributed by atoms with Crippen LogP contribution in [0.5, 0.6) is 0 Å². The molecule has 17 heavy (non-hydrogen) atoms. The van der Waals surface area contributed by atoms with Crippen LogP contribution in [-0.4, -0.2) is 17.4 Å². The van der Waals surface area contributed by atoms with Crippen LogP contribution in [0.25, 0.3) is 0 Å². The summed E-state index contributed by atoms with van der Waals surface area (Å²) in [5.74, 6) is 0.171. The van der Waals surface area contributed by atoms with Gasteiger partial charge in [0.05, 0.1) is 10.9 Å². The van der Waals surface area contributed by atoms with Crippen molar-refractivity contribution >= 4 is 28.6 Å². The molecule has 0 bridgehead atoms. The second-order valence-electron chi connectivity index (χ2n) is 4.20. The van der Waals surface area contributed by atoms with Crippen molar-refractivity contribution in [3.63, 3.8) is 0 Å². The SMILES string of the molecule is CC1c2ccsc2CCN1C(=O)c1cccs1. The number of thiophene rings is 2. The standard InChI is InChI=1S/C13H13NOS2/c1-9-10-5-8-17-11(10)4-6-14(9)13(15)12-3-2-7-16-12/h2-3,5,7-9H,4,6H2,1H3. The van der Waals surface area contributed by atoms with Crippen molar-refractivity contribution in [2.24, 2.45) is 0 Å². The molecule has 3 rings (SSSR count). The summed E-state index contributed by atoms with van der Waals surface area (Å²) in [5, 5.41) is 4.08. The number of carbonyl (C=O) groups is 1. The minimum absolute atomic E-state index is 0.171. The van der Waals surface area contributed by atoms with E-state index >= 15 is 0 Å². The molecule has 1 atom stereocenters. The molecule has 0 aromatic carbocycles. The third kappa shape index (κ3) is 1.81. The summed E-state index contributed by atoms with van der Waals surface area (Å²) in [6.07, 6.45) is 0.994. The predicted molar refractivity (Wildman–Crippen MR) is 71.8 cm³/mol. The topological polar surface area (TPSA) is 20.3 Å². The lowest BCUT2D eigenvalue weighted by molar-refractivity contribution is 0.0684. The number of carbonyl (C=O) groups excluding carboxylic acids is 1. The Kier molecular flexibility index (Phi) is 2.76. The Balaban J connectivity index is 1.89. The zero-order valence-corrected chi connectivity index (χ0v) is 11.2. The predicted octanol–water partition coefficient (Wildman–Crippen LogP) is 3.57. The molecule has 1 aliphatic rings. The summed E-state index contributed by atoms with van der Waals surface area (Å²) in [4.78, 5) is 16.6. The lowest BCUT2D eigenvalue weighted by Crippen LogP contribution is -2.37. The largest absolute Gasteiger partial charge is 0.331 e. The molecule has 1 amide bonds. The fourth-order valence-electron chi connectivity index (χ4n) is 2.33. The molecule has 4 heteroatoms. The highest BCUT2D eigenvalue weighted by Crippen LogP contribution is 2.33. The molecular weight excluding hydrogens is 250 g/mol. The van der Waals surface area contributed by atoms with E-state index in [0.29, 0.717) is 0 Å². The van der Waals surface area contributed by atoms with Crippen LogP contribution in [0.2, 0.25) is 0 Å². The Labute approximate surface area is 109 Å². The number of hydrogen-bond donors (Lipinski definition) is 0. The van der Waals surface area contributed by atoms with Crippen molar-refractivity contribution in [3.05, 3.63) is 44.3 Å². The van der Waals surface area contributed by atoms with Crippen LogP contribution in [0.4, 0.5) is 0 Å². The summed E-state index contributed by atoms with van der Waals surface area (Å²) in [7, 11) is 0. The molecule has 0 radical (unpaired) electrons. The molecule has 1 aliphatic heterocycles. The Hall–Kier alpha value is -1.13. The van der Waals surface area contributed by atoms with Crippen LogP contribution in [0.1, 0.15) is 33.1 Å². The first-order chi connectivity index (χ1) is 8.27. The Morgan fingerprint density at radius 1 is 1.35 bits per heavy atom. The molecule has 0 N–H and O–H groups in total. The van der Waals surface area contributed by atoms with Gasteiger partial charge < -0.3 is 4.90 Å². The molecule has 0 saturated heterocycles. The van der Waals surface area contributed by atoms with Crippen LogP contribution in [0, 0.1) is 0 Å². The van der Waals surface area contributed by atoms with Crippen LogP contribution in [-0.2, 0) is 6.42 Å². The highest BCUT2D eigenvalue weighted by Gasteiger charge is 2.29. The first-order valence-corrected chi connectivity index (χ1v) is 7.44. The van der Waals surface area contributed by atoms with Crippen LogP contribution >= 0.6 is 22.7 Å². The quantitative estimate of drug-likeness (QED) is 0.770. The molecule has 0 fully saturated rings. The summed E-state index contributed by atoms with van der Waals surface area (Å²) >= 11 is 3.33. The van der Waals surface area contributed by atoms with Gasteiger partial charge in [0.25, 0.3) is 5.91 Å². The van der Waals surface area contributed by atoms with E-state index in [1.54, 1.807) is 11.3 Å². The summed E-state index contributed by atoms with van der Waals surface area (Å²) in [5.41, 5.74) is 1.33. The summed E-state index contributed by atoms with van der Waals surface area (Å²) < 4.78 is 0. The summed E-state index contributed by atoms with van der Waals surface area (Å²) in [6.45, 7) is 2.96. The van der Waals surface area contributed by atoms with Crippen LogP contribution in [0.3, 0.4) is 0 Å². The van der Waals surface area contributed by atoms with Crippen molar-refractivity contribution in [1.29, 1.82) is 0 Å². The average molecular weight is 263 g/mol. The molecule has 0 saturated carbocycles. The smallest absolute Gasteiger partial charge is 0.264 e. The monoisotopic (exact) mass is 263 g/mol. The first-order valence-electron chi connectivity index (χ1n) is 5.68. The molecule has 2 aromatic heterocycles. The molecule has 1 unspecified atom stereocenters. The van der Waals surface area contributed by atoms with Crippen LogP contribution in [0.15, 0.2) is 29.0 Å². The molecule has 3 heterocycles. The van der Waals surface area contributed by atoms with Gasteiger partial charge in [-0.1, -0.05) is 6.07 Å². The van der Waals surface area contributed by atoms with Crippen molar-refractivity contribution < 1.29 is 4.79 Å². The Morgan fingerprint density at radius 2 is 2.24 bits per heavy atom. The van der Waals surface area contributed by atoms with E-state index < -0.39 is 0 Å². The van der Waals surface area contributed by atoms with Gasteiger partial charge in [-0.15, -0.1) is 22.7 Å². The van der Waals surface area contributed by atoms with E-state index in [9.17, 15) is 4.79 Å². The minimum atomic E-state index is 0.171. The zero-order valence-electron chi connectivity index (χ0n) is 9.55. The lowest BCUT2D eigenvalue weighted by atomic mass is 10.0. The number of amides is 1. The second kappa shape index (κ2) is 4.27. The summed E-state index contributed by atoms with van der Waals surface area (Å²) in [6, 6.07) is 6.20. The van der Waals surface area contributed by atoms with Gasteiger partial charge in [0.15, 0.2) is 0 Å². The van der Waals surface area contributed by atoms with E-state index in [4.69, 9.17) is 0 Å². The fourth-order valence-corrected chi connectivity index (χ4v) is 3.97. The minimum Gasteiger partial charge on any atom is -0.331 e. The average Bonchev–Trinajstić information content (AvgIpc) is 3.00. The number of rotatable bonds is 1. The van der Waals surface area contributed by atoms with Crippen molar-refractivity contribution in [2.45, 2.75) is 19.4 Å². The van der Waals surface area contributed by atoms with Crippen molar-refractivity contribution in [3.8, 4) is 0 Å². The van der Waals surface area contributed by atoms with E-state index in [0.717, 1.165) is 17.8 Å². The molecular formula is C13H13NOS2. The number of nitrogens with zero attached hydrogens (tertiary/aromatic N) is 1. The second-order valence-corrected chi connectivity index (χ2v) is 6.15.